The molecule has 1 saturated heterocycles. The van der Waals surface area contributed by atoms with E-state index in [2.05, 4.69) is 27.0 Å². The molecule has 0 bridgehead atoms. The third-order valence-corrected chi connectivity index (χ3v) is 6.03. The van der Waals surface area contributed by atoms with Crippen LogP contribution in [0.4, 0.5) is 0 Å². The van der Waals surface area contributed by atoms with Gasteiger partial charge in [0.25, 0.3) is 5.56 Å². The number of nitrogens with zero attached hydrogens (tertiary/aromatic N) is 6. The van der Waals surface area contributed by atoms with E-state index in [4.69, 9.17) is 0 Å². The Bertz CT molecular complexity index is 1300. The van der Waals surface area contributed by atoms with Crippen LogP contribution in [-0.2, 0) is 7.05 Å². The second kappa shape index (κ2) is 7.21. The van der Waals surface area contributed by atoms with Gasteiger partial charge in [-0.25, -0.2) is 9.67 Å². The fourth-order valence-corrected chi connectivity index (χ4v) is 4.33. The molecule has 8 nitrogen and oxygen atoms in total. The van der Waals surface area contributed by atoms with Crippen molar-refractivity contribution in [1.82, 2.24) is 29.4 Å². The zero-order valence-electron chi connectivity index (χ0n) is 17.1. The van der Waals surface area contributed by atoms with Crippen LogP contribution in [0.2, 0.25) is 0 Å². The van der Waals surface area contributed by atoms with Gasteiger partial charge >= 0.3 is 0 Å². The minimum absolute atomic E-state index is 0.103. The first-order chi connectivity index (χ1) is 14.5. The van der Waals surface area contributed by atoms with E-state index in [0.717, 1.165) is 43.4 Å². The molecule has 0 unspecified atom stereocenters. The summed E-state index contributed by atoms with van der Waals surface area (Å²) >= 11 is 0. The Morgan fingerprint density at radius 2 is 1.97 bits per heavy atom. The van der Waals surface area contributed by atoms with Gasteiger partial charge in [-0.3, -0.25) is 9.48 Å². The molecule has 1 aliphatic heterocycles. The maximum absolute atomic E-state index is 13.1. The third-order valence-electron chi connectivity index (χ3n) is 6.03. The minimum atomic E-state index is -0.103. The van der Waals surface area contributed by atoms with Gasteiger partial charge in [-0.1, -0.05) is 6.92 Å². The molecule has 0 radical (unpaired) electrons. The van der Waals surface area contributed by atoms with Gasteiger partial charge in [0, 0.05) is 43.4 Å². The van der Waals surface area contributed by atoms with Crippen LogP contribution < -0.4 is 5.56 Å². The van der Waals surface area contributed by atoms with Crippen molar-refractivity contribution in [2.24, 2.45) is 7.05 Å². The summed E-state index contributed by atoms with van der Waals surface area (Å²) in [6.45, 7) is 5.17. The normalized spacial score (nSPS) is 15.9. The minimum Gasteiger partial charge on any atom is -0.507 e. The van der Waals surface area contributed by atoms with Gasteiger partial charge in [0.05, 0.1) is 34.4 Å². The van der Waals surface area contributed by atoms with Gasteiger partial charge in [-0.2, -0.15) is 10.2 Å². The Balaban J connectivity index is 1.53. The number of likely N-dealkylation sites (tertiary alicyclic amines) is 1. The van der Waals surface area contributed by atoms with Gasteiger partial charge in [0.2, 0.25) is 0 Å². The second-order valence-electron chi connectivity index (χ2n) is 7.92. The first kappa shape index (κ1) is 18.7. The zero-order valence-corrected chi connectivity index (χ0v) is 17.1. The fraction of sp³-hybridized carbons (Fsp3) is 0.364. The summed E-state index contributed by atoms with van der Waals surface area (Å²) in [5.41, 5.74) is 2.35. The van der Waals surface area contributed by atoms with Crippen LogP contribution >= 0.6 is 0 Å². The van der Waals surface area contributed by atoms with Crippen molar-refractivity contribution in [3.63, 3.8) is 0 Å². The lowest BCUT2D eigenvalue weighted by molar-refractivity contribution is 0.184. The van der Waals surface area contributed by atoms with E-state index in [1.54, 1.807) is 33.8 Å². The maximum Gasteiger partial charge on any atom is 0.276 e. The predicted octanol–water partition coefficient (Wildman–Crippen LogP) is 2.71. The number of rotatable bonds is 3. The quantitative estimate of drug-likeness (QED) is 0.565. The van der Waals surface area contributed by atoms with Crippen LogP contribution in [0.5, 0.6) is 5.75 Å². The van der Waals surface area contributed by atoms with Crippen LogP contribution in [0.25, 0.3) is 33.1 Å². The first-order valence-corrected chi connectivity index (χ1v) is 10.3. The van der Waals surface area contributed by atoms with E-state index in [0.29, 0.717) is 22.2 Å². The lowest BCUT2D eigenvalue weighted by Crippen LogP contribution is -2.38. The highest BCUT2D eigenvalue weighted by molar-refractivity contribution is 5.88. The Hall–Kier alpha value is -3.26. The van der Waals surface area contributed by atoms with E-state index in [9.17, 15) is 9.90 Å². The molecule has 0 amide bonds. The number of phenols is 1. The largest absolute Gasteiger partial charge is 0.507 e. The number of phenolic OH excluding ortho intramolecular Hbond substituents is 1. The van der Waals surface area contributed by atoms with Gasteiger partial charge in [-0.05, 0) is 37.6 Å². The van der Waals surface area contributed by atoms with E-state index >= 15 is 0 Å². The molecule has 1 N–H and O–H groups in total. The van der Waals surface area contributed by atoms with Crippen LogP contribution in [0.1, 0.15) is 25.8 Å². The van der Waals surface area contributed by atoms with Crippen molar-refractivity contribution >= 4 is 21.8 Å². The number of hydrogen-bond acceptors (Lipinski definition) is 6. The highest BCUT2D eigenvalue weighted by atomic mass is 16.3. The van der Waals surface area contributed by atoms with Crippen molar-refractivity contribution < 1.29 is 5.11 Å². The summed E-state index contributed by atoms with van der Waals surface area (Å²) in [5, 5.41) is 20.7. The molecule has 4 aromatic rings. The topological polar surface area (TPSA) is 89.1 Å². The molecule has 3 aromatic heterocycles. The predicted molar refractivity (Wildman–Crippen MR) is 116 cm³/mol. The average Bonchev–Trinajstić information content (AvgIpc) is 3.12. The number of piperidine rings is 1. The number of hydrogen-bond donors (Lipinski definition) is 1. The van der Waals surface area contributed by atoms with Crippen molar-refractivity contribution in [2.75, 3.05) is 19.6 Å². The first-order valence-electron chi connectivity index (χ1n) is 10.3. The summed E-state index contributed by atoms with van der Waals surface area (Å²) in [6, 6.07) is 7.19. The molecule has 30 heavy (non-hydrogen) atoms. The molecular formula is C22H24N6O2. The number of pyridine rings is 1. The highest BCUT2D eigenvalue weighted by Crippen LogP contribution is 2.32. The second-order valence-corrected chi connectivity index (χ2v) is 7.92. The Morgan fingerprint density at radius 1 is 1.17 bits per heavy atom. The van der Waals surface area contributed by atoms with Crippen LogP contribution in [0, 0.1) is 0 Å². The fourth-order valence-electron chi connectivity index (χ4n) is 4.33. The van der Waals surface area contributed by atoms with Crippen LogP contribution in [0.15, 0.2) is 41.5 Å². The molecule has 154 valence electrons. The smallest absolute Gasteiger partial charge is 0.276 e. The molecule has 0 spiro atoms. The maximum atomic E-state index is 13.1. The average molecular weight is 404 g/mol. The number of aromatic nitrogens is 5. The number of aryl methyl sites for hydroxylation is 1. The summed E-state index contributed by atoms with van der Waals surface area (Å²) in [6.07, 6.45) is 5.41. The molecule has 5 rings (SSSR count). The number of benzene rings is 1. The van der Waals surface area contributed by atoms with E-state index in [-0.39, 0.29) is 17.4 Å². The van der Waals surface area contributed by atoms with Crippen molar-refractivity contribution in [1.29, 1.82) is 0 Å². The molecule has 4 heterocycles. The summed E-state index contributed by atoms with van der Waals surface area (Å²) in [5.74, 6) is 0.108. The molecule has 1 aromatic carbocycles. The van der Waals surface area contributed by atoms with E-state index in [1.807, 2.05) is 19.3 Å². The Labute approximate surface area is 173 Å². The van der Waals surface area contributed by atoms with Gasteiger partial charge in [0.15, 0.2) is 0 Å². The van der Waals surface area contributed by atoms with Crippen molar-refractivity contribution in [3.05, 3.63) is 47.0 Å². The van der Waals surface area contributed by atoms with E-state index < -0.39 is 0 Å². The summed E-state index contributed by atoms with van der Waals surface area (Å²) in [7, 11) is 1.84. The number of fused-ring (bicyclic) bond motifs is 2. The molecule has 1 aliphatic rings. The van der Waals surface area contributed by atoms with Crippen LogP contribution in [-0.4, -0.2) is 54.2 Å². The zero-order chi connectivity index (χ0) is 20.8. The summed E-state index contributed by atoms with van der Waals surface area (Å²) in [4.78, 5) is 20.1. The third kappa shape index (κ3) is 3.13. The lowest BCUT2D eigenvalue weighted by atomic mass is 10.0. The highest BCUT2D eigenvalue weighted by Gasteiger charge is 2.22. The lowest BCUT2D eigenvalue weighted by Gasteiger charge is -2.31. The van der Waals surface area contributed by atoms with Crippen molar-refractivity contribution in [3.8, 4) is 17.0 Å². The van der Waals surface area contributed by atoms with Crippen LogP contribution in [0.3, 0.4) is 0 Å². The standard InChI is InChI=1S/C22H24N6O2/c1-3-27-8-6-15(7-9-27)28-22(30)16-4-5-18(24-20(16)12-23-28)17-10-14-13-26(2)25-19(14)11-21(17)29/h4-5,10-13,15,29H,3,6-9H2,1-2H3. The van der Waals surface area contributed by atoms with Gasteiger partial charge < -0.3 is 10.0 Å². The van der Waals surface area contributed by atoms with Gasteiger partial charge in [0.1, 0.15) is 5.75 Å². The molecule has 1 fully saturated rings. The van der Waals surface area contributed by atoms with Gasteiger partial charge in [-0.15, -0.1) is 0 Å². The molecule has 0 saturated carbocycles. The SMILES string of the molecule is CCN1CCC(n2ncc3nc(-c4cc5cn(C)nc5cc4O)ccc3c2=O)CC1. The summed E-state index contributed by atoms with van der Waals surface area (Å²) < 4.78 is 3.33. The molecule has 8 heteroatoms. The molecular weight excluding hydrogens is 380 g/mol. The Kier molecular flexibility index (Phi) is 4.51. The molecule has 0 atom stereocenters. The number of aromatic hydroxyl groups is 1. The van der Waals surface area contributed by atoms with E-state index in [1.165, 1.54) is 0 Å². The van der Waals surface area contributed by atoms with Crippen molar-refractivity contribution in [2.45, 2.75) is 25.8 Å². The molecule has 0 aliphatic carbocycles. The Morgan fingerprint density at radius 3 is 2.73 bits per heavy atom. The monoisotopic (exact) mass is 404 g/mol.